The monoisotopic (exact) mass is 341 g/mol. The fraction of sp³-hybridized carbons (Fsp3) is 0.214. The van der Waals surface area contributed by atoms with Crippen LogP contribution in [0.1, 0.15) is 11.1 Å². The van der Waals surface area contributed by atoms with Crippen LogP contribution in [0.5, 0.6) is 11.5 Å². The van der Waals surface area contributed by atoms with Gasteiger partial charge in [0.05, 0.1) is 7.11 Å². The fourth-order valence-corrected chi connectivity index (χ4v) is 2.19. The van der Waals surface area contributed by atoms with Crippen LogP contribution in [-0.4, -0.2) is 12.1 Å². The second-order valence-electron chi connectivity index (χ2n) is 3.92. The number of aromatic nitrogens is 1. The van der Waals surface area contributed by atoms with Gasteiger partial charge >= 0.3 is 0 Å². The van der Waals surface area contributed by atoms with Gasteiger partial charge in [0, 0.05) is 28.3 Å². The molecule has 1 heterocycles. The SMILES string of the molecule is COc1cc(CCl)ccc1OCc1cncc(Br)c1. The number of rotatable bonds is 5. The van der Waals surface area contributed by atoms with E-state index in [1.807, 2.05) is 24.3 Å². The molecular formula is C14H13BrClNO2. The van der Waals surface area contributed by atoms with E-state index in [-0.39, 0.29) is 0 Å². The van der Waals surface area contributed by atoms with Crippen LogP contribution in [0.3, 0.4) is 0 Å². The number of benzene rings is 1. The Morgan fingerprint density at radius 3 is 2.68 bits per heavy atom. The van der Waals surface area contributed by atoms with Gasteiger partial charge in [0.2, 0.25) is 0 Å². The van der Waals surface area contributed by atoms with Crippen molar-refractivity contribution in [2.75, 3.05) is 7.11 Å². The third-order valence-electron chi connectivity index (χ3n) is 2.54. The van der Waals surface area contributed by atoms with E-state index in [1.165, 1.54) is 0 Å². The summed E-state index contributed by atoms with van der Waals surface area (Å²) in [5, 5.41) is 0. The van der Waals surface area contributed by atoms with Crippen molar-refractivity contribution >= 4 is 27.5 Å². The predicted octanol–water partition coefficient (Wildman–Crippen LogP) is 4.17. The Bertz CT molecular complexity index is 563. The number of hydrogen-bond donors (Lipinski definition) is 0. The molecular weight excluding hydrogens is 330 g/mol. The second-order valence-corrected chi connectivity index (χ2v) is 5.10. The Hall–Kier alpha value is -1.26. The van der Waals surface area contributed by atoms with Gasteiger partial charge in [-0.25, -0.2) is 0 Å². The highest BCUT2D eigenvalue weighted by atomic mass is 79.9. The first kappa shape index (κ1) is 14.2. The lowest BCUT2D eigenvalue weighted by Gasteiger charge is -2.11. The summed E-state index contributed by atoms with van der Waals surface area (Å²) >= 11 is 9.17. The molecule has 3 nitrogen and oxygen atoms in total. The van der Waals surface area contributed by atoms with Crippen LogP contribution in [0.25, 0.3) is 0 Å². The average Bonchev–Trinajstić information content (AvgIpc) is 2.45. The lowest BCUT2D eigenvalue weighted by molar-refractivity contribution is 0.284. The molecule has 0 spiro atoms. The Kier molecular flexibility index (Phi) is 5.05. The molecule has 0 amide bonds. The number of pyridine rings is 1. The molecule has 2 rings (SSSR count). The first-order chi connectivity index (χ1) is 9.22. The molecule has 0 saturated carbocycles. The van der Waals surface area contributed by atoms with E-state index >= 15 is 0 Å². The Morgan fingerprint density at radius 2 is 2.00 bits per heavy atom. The van der Waals surface area contributed by atoms with Crippen LogP contribution in [0, 0.1) is 0 Å². The van der Waals surface area contributed by atoms with Gasteiger partial charge in [0.1, 0.15) is 6.61 Å². The summed E-state index contributed by atoms with van der Waals surface area (Å²) in [6.45, 7) is 0.434. The number of ether oxygens (including phenoxy) is 2. The summed E-state index contributed by atoms with van der Waals surface area (Å²) in [5.41, 5.74) is 1.98. The summed E-state index contributed by atoms with van der Waals surface area (Å²) < 4.78 is 12.0. The largest absolute Gasteiger partial charge is 0.493 e. The maximum atomic E-state index is 5.79. The van der Waals surface area contributed by atoms with Gasteiger partial charge < -0.3 is 9.47 Å². The number of alkyl halides is 1. The fourth-order valence-electron chi connectivity index (χ4n) is 1.61. The van der Waals surface area contributed by atoms with Crippen LogP contribution < -0.4 is 9.47 Å². The highest BCUT2D eigenvalue weighted by Crippen LogP contribution is 2.29. The zero-order valence-electron chi connectivity index (χ0n) is 10.4. The lowest BCUT2D eigenvalue weighted by atomic mass is 10.2. The minimum atomic E-state index is 0.434. The highest BCUT2D eigenvalue weighted by Gasteiger charge is 2.06. The topological polar surface area (TPSA) is 31.4 Å². The zero-order chi connectivity index (χ0) is 13.7. The van der Waals surface area contributed by atoms with Crippen molar-refractivity contribution in [1.82, 2.24) is 4.98 Å². The minimum absolute atomic E-state index is 0.434. The van der Waals surface area contributed by atoms with E-state index in [2.05, 4.69) is 20.9 Å². The third kappa shape index (κ3) is 3.85. The molecule has 0 saturated heterocycles. The van der Waals surface area contributed by atoms with Crippen molar-refractivity contribution in [3.05, 3.63) is 52.3 Å². The Balaban J connectivity index is 2.11. The van der Waals surface area contributed by atoms with Crippen LogP contribution in [0.4, 0.5) is 0 Å². The summed E-state index contributed by atoms with van der Waals surface area (Å²) in [6.07, 6.45) is 3.50. The van der Waals surface area contributed by atoms with Gasteiger partial charge in [-0.15, -0.1) is 11.6 Å². The Labute approximate surface area is 125 Å². The molecule has 1 aromatic heterocycles. The highest BCUT2D eigenvalue weighted by molar-refractivity contribution is 9.10. The number of nitrogens with zero attached hydrogens (tertiary/aromatic N) is 1. The lowest BCUT2D eigenvalue weighted by Crippen LogP contribution is -1.98. The van der Waals surface area contributed by atoms with E-state index in [0.29, 0.717) is 24.0 Å². The standard InChI is InChI=1S/C14H13BrClNO2/c1-18-14-5-10(6-16)2-3-13(14)19-9-11-4-12(15)8-17-7-11/h2-5,7-8H,6,9H2,1H3. The molecule has 0 aliphatic rings. The number of halogens is 2. The summed E-state index contributed by atoms with van der Waals surface area (Å²) in [4.78, 5) is 4.09. The van der Waals surface area contributed by atoms with E-state index in [4.69, 9.17) is 21.1 Å². The average molecular weight is 343 g/mol. The molecule has 100 valence electrons. The van der Waals surface area contributed by atoms with Gasteiger partial charge in [0.15, 0.2) is 11.5 Å². The quantitative estimate of drug-likeness (QED) is 0.764. The van der Waals surface area contributed by atoms with Gasteiger partial charge in [-0.05, 0) is 39.7 Å². The molecule has 2 aromatic rings. The molecule has 1 aromatic carbocycles. The van der Waals surface area contributed by atoms with Crippen molar-refractivity contribution in [3.63, 3.8) is 0 Å². The van der Waals surface area contributed by atoms with Crippen LogP contribution >= 0.6 is 27.5 Å². The van der Waals surface area contributed by atoms with Crippen molar-refractivity contribution in [2.24, 2.45) is 0 Å². The molecule has 0 aliphatic carbocycles. The van der Waals surface area contributed by atoms with E-state index in [9.17, 15) is 0 Å². The van der Waals surface area contributed by atoms with Gasteiger partial charge in [-0.2, -0.15) is 0 Å². The molecule has 0 atom stereocenters. The summed E-state index contributed by atoms with van der Waals surface area (Å²) in [6, 6.07) is 7.63. The normalized spacial score (nSPS) is 10.3. The molecule has 5 heteroatoms. The minimum Gasteiger partial charge on any atom is -0.493 e. The molecule has 0 N–H and O–H groups in total. The number of methoxy groups -OCH3 is 1. The van der Waals surface area contributed by atoms with Gasteiger partial charge in [-0.1, -0.05) is 6.07 Å². The molecule has 0 unspecified atom stereocenters. The second kappa shape index (κ2) is 6.78. The van der Waals surface area contributed by atoms with Crippen molar-refractivity contribution in [3.8, 4) is 11.5 Å². The van der Waals surface area contributed by atoms with Crippen LogP contribution in [0.15, 0.2) is 41.1 Å². The molecule has 0 radical (unpaired) electrons. The summed E-state index contributed by atoms with van der Waals surface area (Å²) in [7, 11) is 1.61. The van der Waals surface area contributed by atoms with Gasteiger partial charge in [-0.3, -0.25) is 4.98 Å². The smallest absolute Gasteiger partial charge is 0.161 e. The van der Waals surface area contributed by atoms with E-state index in [0.717, 1.165) is 15.6 Å². The van der Waals surface area contributed by atoms with Crippen molar-refractivity contribution in [2.45, 2.75) is 12.5 Å². The van der Waals surface area contributed by atoms with E-state index in [1.54, 1.807) is 19.5 Å². The first-order valence-corrected chi connectivity index (χ1v) is 7.01. The van der Waals surface area contributed by atoms with E-state index < -0.39 is 0 Å². The molecule has 0 aliphatic heterocycles. The predicted molar refractivity (Wildman–Crippen MR) is 78.8 cm³/mol. The van der Waals surface area contributed by atoms with Crippen LogP contribution in [0.2, 0.25) is 0 Å². The van der Waals surface area contributed by atoms with Crippen molar-refractivity contribution in [1.29, 1.82) is 0 Å². The summed E-state index contributed by atoms with van der Waals surface area (Å²) in [5.74, 6) is 1.82. The molecule has 19 heavy (non-hydrogen) atoms. The number of hydrogen-bond acceptors (Lipinski definition) is 3. The maximum absolute atomic E-state index is 5.79. The molecule has 0 bridgehead atoms. The Morgan fingerprint density at radius 1 is 1.16 bits per heavy atom. The third-order valence-corrected chi connectivity index (χ3v) is 3.28. The van der Waals surface area contributed by atoms with Crippen molar-refractivity contribution < 1.29 is 9.47 Å². The maximum Gasteiger partial charge on any atom is 0.161 e. The molecule has 0 fully saturated rings. The van der Waals surface area contributed by atoms with Gasteiger partial charge in [0.25, 0.3) is 0 Å². The zero-order valence-corrected chi connectivity index (χ0v) is 12.7. The first-order valence-electron chi connectivity index (χ1n) is 5.68. The van der Waals surface area contributed by atoms with Crippen LogP contribution in [-0.2, 0) is 12.5 Å².